The summed E-state index contributed by atoms with van der Waals surface area (Å²) in [5, 5.41) is 9.60. The van der Waals surface area contributed by atoms with E-state index in [2.05, 4.69) is 39.5 Å². The highest BCUT2D eigenvalue weighted by atomic mass is 16.3. The van der Waals surface area contributed by atoms with Crippen molar-refractivity contribution in [1.29, 1.82) is 0 Å². The van der Waals surface area contributed by atoms with E-state index in [9.17, 15) is 5.11 Å². The van der Waals surface area contributed by atoms with E-state index in [1.165, 1.54) is 0 Å². The standard InChI is InChI=1S/C11H23NO/c1-10(2,3)12-7-6-9(13)8-11(12,4)5/h9,13H,6-8H2,1-5H3/t9-/m1/s1. The van der Waals surface area contributed by atoms with Gasteiger partial charge in [-0.2, -0.15) is 0 Å². The summed E-state index contributed by atoms with van der Waals surface area (Å²) in [6.07, 6.45) is 1.71. The fourth-order valence-electron chi connectivity index (χ4n) is 2.61. The molecule has 2 nitrogen and oxygen atoms in total. The maximum absolute atomic E-state index is 9.60. The van der Waals surface area contributed by atoms with Crippen molar-refractivity contribution >= 4 is 0 Å². The maximum Gasteiger partial charge on any atom is 0.0569 e. The highest BCUT2D eigenvalue weighted by Crippen LogP contribution is 2.33. The monoisotopic (exact) mass is 185 g/mol. The van der Waals surface area contributed by atoms with Crippen LogP contribution in [0.2, 0.25) is 0 Å². The van der Waals surface area contributed by atoms with Crippen molar-refractivity contribution in [2.75, 3.05) is 6.54 Å². The van der Waals surface area contributed by atoms with E-state index in [1.807, 2.05) is 0 Å². The second-order valence-electron chi connectivity index (χ2n) is 5.78. The smallest absolute Gasteiger partial charge is 0.0569 e. The molecule has 0 aromatic carbocycles. The Bertz CT molecular complexity index is 181. The molecule has 2 heteroatoms. The second kappa shape index (κ2) is 3.25. The molecule has 1 rings (SSSR count). The zero-order valence-corrected chi connectivity index (χ0v) is 9.59. The lowest BCUT2D eigenvalue weighted by Gasteiger charge is -2.51. The molecule has 0 radical (unpaired) electrons. The average molecular weight is 185 g/mol. The van der Waals surface area contributed by atoms with Gasteiger partial charge >= 0.3 is 0 Å². The third kappa shape index (κ3) is 2.44. The molecule has 0 unspecified atom stereocenters. The summed E-state index contributed by atoms with van der Waals surface area (Å²) >= 11 is 0. The molecule has 0 bridgehead atoms. The van der Waals surface area contributed by atoms with Crippen LogP contribution in [0.3, 0.4) is 0 Å². The van der Waals surface area contributed by atoms with E-state index in [-0.39, 0.29) is 17.2 Å². The third-order valence-corrected chi connectivity index (χ3v) is 2.96. The molecule has 1 fully saturated rings. The number of aliphatic hydroxyl groups excluding tert-OH is 1. The van der Waals surface area contributed by atoms with Gasteiger partial charge in [-0.05, 0) is 47.5 Å². The predicted octanol–water partition coefficient (Wildman–Crippen LogP) is 2.02. The van der Waals surface area contributed by atoms with Gasteiger partial charge < -0.3 is 5.11 Å². The van der Waals surface area contributed by atoms with Gasteiger partial charge in [0.05, 0.1) is 6.10 Å². The van der Waals surface area contributed by atoms with Crippen LogP contribution in [0.15, 0.2) is 0 Å². The largest absolute Gasteiger partial charge is 0.393 e. The Morgan fingerprint density at radius 2 is 1.85 bits per heavy atom. The van der Waals surface area contributed by atoms with Gasteiger partial charge in [0.1, 0.15) is 0 Å². The molecule has 1 heterocycles. The zero-order chi connectivity index (χ0) is 10.3. The molecule has 0 aliphatic carbocycles. The SMILES string of the molecule is CC(C)(C)N1CC[C@@H](O)CC1(C)C. The fraction of sp³-hybridized carbons (Fsp3) is 1.00. The summed E-state index contributed by atoms with van der Waals surface area (Å²) in [6.45, 7) is 12.2. The lowest BCUT2D eigenvalue weighted by Crippen LogP contribution is -2.58. The van der Waals surface area contributed by atoms with E-state index in [1.54, 1.807) is 0 Å². The molecule has 1 atom stereocenters. The number of hydrogen-bond donors (Lipinski definition) is 1. The van der Waals surface area contributed by atoms with Gasteiger partial charge in [0.25, 0.3) is 0 Å². The zero-order valence-electron chi connectivity index (χ0n) is 9.59. The number of hydrogen-bond acceptors (Lipinski definition) is 2. The predicted molar refractivity (Wildman–Crippen MR) is 55.8 cm³/mol. The lowest BCUT2D eigenvalue weighted by molar-refractivity contribution is -0.0505. The van der Waals surface area contributed by atoms with Crippen LogP contribution in [-0.4, -0.2) is 33.7 Å². The van der Waals surface area contributed by atoms with Crippen LogP contribution in [0.25, 0.3) is 0 Å². The van der Waals surface area contributed by atoms with Gasteiger partial charge in [-0.3, -0.25) is 4.90 Å². The number of likely N-dealkylation sites (tertiary alicyclic amines) is 1. The van der Waals surface area contributed by atoms with Crippen molar-refractivity contribution in [2.45, 2.75) is 64.6 Å². The Labute approximate surface area is 81.9 Å². The first-order valence-electron chi connectivity index (χ1n) is 5.19. The highest BCUT2D eigenvalue weighted by Gasteiger charge is 2.39. The number of aliphatic hydroxyl groups is 1. The van der Waals surface area contributed by atoms with Crippen molar-refractivity contribution in [1.82, 2.24) is 4.90 Å². The summed E-state index contributed by atoms with van der Waals surface area (Å²) in [5.74, 6) is 0. The second-order valence-corrected chi connectivity index (χ2v) is 5.78. The van der Waals surface area contributed by atoms with Crippen molar-refractivity contribution in [3.63, 3.8) is 0 Å². The summed E-state index contributed by atoms with van der Waals surface area (Å²) in [6, 6.07) is 0. The van der Waals surface area contributed by atoms with Crippen molar-refractivity contribution in [3.8, 4) is 0 Å². The van der Waals surface area contributed by atoms with Crippen LogP contribution in [0.4, 0.5) is 0 Å². The molecule has 0 spiro atoms. The summed E-state index contributed by atoms with van der Waals surface area (Å²) < 4.78 is 0. The summed E-state index contributed by atoms with van der Waals surface area (Å²) in [7, 11) is 0. The first-order valence-corrected chi connectivity index (χ1v) is 5.19. The van der Waals surface area contributed by atoms with Crippen LogP contribution in [0, 0.1) is 0 Å². The Kier molecular flexibility index (Phi) is 2.75. The van der Waals surface area contributed by atoms with Gasteiger partial charge in [-0.25, -0.2) is 0 Å². The molecule has 0 aromatic heterocycles. The Hall–Kier alpha value is -0.0800. The van der Waals surface area contributed by atoms with E-state index in [0.717, 1.165) is 19.4 Å². The molecule has 1 saturated heterocycles. The molecule has 1 aliphatic heterocycles. The topological polar surface area (TPSA) is 23.5 Å². The first-order chi connectivity index (χ1) is 5.73. The fourth-order valence-corrected chi connectivity index (χ4v) is 2.61. The first kappa shape index (κ1) is 11.0. The van der Waals surface area contributed by atoms with E-state index >= 15 is 0 Å². The van der Waals surface area contributed by atoms with Crippen LogP contribution < -0.4 is 0 Å². The van der Waals surface area contributed by atoms with Crippen LogP contribution >= 0.6 is 0 Å². The summed E-state index contributed by atoms with van der Waals surface area (Å²) in [4.78, 5) is 2.49. The lowest BCUT2D eigenvalue weighted by atomic mass is 9.84. The Morgan fingerprint density at radius 3 is 2.23 bits per heavy atom. The molecule has 1 N–H and O–H groups in total. The Morgan fingerprint density at radius 1 is 1.31 bits per heavy atom. The minimum absolute atomic E-state index is 0.103. The number of piperidine rings is 1. The minimum atomic E-state index is -0.103. The van der Waals surface area contributed by atoms with Crippen molar-refractivity contribution < 1.29 is 5.11 Å². The van der Waals surface area contributed by atoms with Crippen molar-refractivity contribution in [2.24, 2.45) is 0 Å². The molecule has 1 aliphatic rings. The molecular weight excluding hydrogens is 162 g/mol. The quantitative estimate of drug-likeness (QED) is 0.624. The van der Waals surface area contributed by atoms with E-state index in [4.69, 9.17) is 0 Å². The Balaban J connectivity index is 2.76. The third-order valence-electron chi connectivity index (χ3n) is 2.96. The molecular formula is C11H23NO. The van der Waals surface area contributed by atoms with Gasteiger partial charge in [-0.15, -0.1) is 0 Å². The molecule has 0 aromatic rings. The summed E-state index contributed by atoms with van der Waals surface area (Å²) in [5.41, 5.74) is 0.347. The van der Waals surface area contributed by atoms with Gasteiger partial charge in [0, 0.05) is 17.6 Å². The van der Waals surface area contributed by atoms with Gasteiger partial charge in [0.2, 0.25) is 0 Å². The highest BCUT2D eigenvalue weighted by molar-refractivity contribution is 4.95. The maximum atomic E-state index is 9.60. The number of rotatable bonds is 0. The molecule has 13 heavy (non-hydrogen) atoms. The molecule has 78 valence electrons. The van der Waals surface area contributed by atoms with Gasteiger partial charge in [-0.1, -0.05) is 0 Å². The molecule has 0 saturated carbocycles. The molecule has 0 amide bonds. The van der Waals surface area contributed by atoms with Crippen molar-refractivity contribution in [3.05, 3.63) is 0 Å². The van der Waals surface area contributed by atoms with Crippen LogP contribution in [0.1, 0.15) is 47.5 Å². The van der Waals surface area contributed by atoms with Crippen LogP contribution in [-0.2, 0) is 0 Å². The average Bonchev–Trinajstić information content (AvgIpc) is 1.79. The van der Waals surface area contributed by atoms with E-state index in [0.29, 0.717) is 0 Å². The number of nitrogens with zero attached hydrogens (tertiary/aromatic N) is 1. The minimum Gasteiger partial charge on any atom is -0.393 e. The van der Waals surface area contributed by atoms with Gasteiger partial charge in [0.15, 0.2) is 0 Å². The normalized spacial score (nSPS) is 30.5. The van der Waals surface area contributed by atoms with Crippen LogP contribution in [0.5, 0.6) is 0 Å². The van der Waals surface area contributed by atoms with E-state index < -0.39 is 0 Å².